The average molecular weight is 453 g/mol. The molecule has 0 bridgehead atoms. The number of carbonyl (C=O) groups is 1. The zero-order valence-electron chi connectivity index (χ0n) is 18.1. The summed E-state index contributed by atoms with van der Waals surface area (Å²) in [4.78, 5) is 25.0. The Bertz CT molecular complexity index is 1250. The molecule has 1 unspecified atom stereocenters. The first kappa shape index (κ1) is 22.1. The molecule has 0 fully saturated rings. The van der Waals surface area contributed by atoms with E-state index in [-0.39, 0.29) is 42.9 Å². The summed E-state index contributed by atoms with van der Waals surface area (Å²) in [5.74, 6) is -0.0813. The average Bonchev–Trinajstić information content (AvgIpc) is 3.27. The molecule has 3 N–H and O–H groups in total. The minimum atomic E-state index is -0.802. The van der Waals surface area contributed by atoms with Gasteiger partial charge in [0.15, 0.2) is 28.8 Å². The van der Waals surface area contributed by atoms with Crippen LogP contribution in [0.2, 0.25) is 0 Å². The topological polar surface area (TPSA) is 127 Å². The fraction of sp³-hybridized carbons (Fsp3) is 0.250. The van der Waals surface area contributed by atoms with Crippen LogP contribution in [0.1, 0.15) is 35.0 Å². The minimum Gasteiger partial charge on any atom is -0.504 e. The smallest absolute Gasteiger partial charge is 0.231 e. The van der Waals surface area contributed by atoms with E-state index < -0.39 is 17.1 Å². The van der Waals surface area contributed by atoms with Gasteiger partial charge in [-0.25, -0.2) is 0 Å². The van der Waals surface area contributed by atoms with Gasteiger partial charge in [0.25, 0.3) is 0 Å². The van der Waals surface area contributed by atoms with Crippen LogP contribution >= 0.6 is 0 Å². The van der Waals surface area contributed by atoms with E-state index in [1.807, 2.05) is 6.07 Å². The molecule has 0 aliphatic carbocycles. The van der Waals surface area contributed by atoms with Gasteiger partial charge in [0, 0.05) is 19.0 Å². The first-order valence-electron chi connectivity index (χ1n) is 10.2. The maximum absolute atomic E-state index is 12.9. The molecular formula is C24H23NO8. The molecule has 9 nitrogen and oxygen atoms in total. The summed E-state index contributed by atoms with van der Waals surface area (Å²) in [6.07, 6.45) is -0.127. The lowest BCUT2D eigenvalue weighted by Crippen LogP contribution is -2.25. The number of rotatable bonds is 7. The first-order chi connectivity index (χ1) is 15.9. The second-order valence-electron chi connectivity index (χ2n) is 7.59. The Hall–Kier alpha value is -4.14. The predicted octanol–water partition coefficient (Wildman–Crippen LogP) is 2.94. The number of nitrogens with one attached hydrogen (secondary N) is 1. The van der Waals surface area contributed by atoms with Crippen LogP contribution in [-0.4, -0.2) is 30.0 Å². The number of hydrogen-bond acceptors (Lipinski definition) is 8. The van der Waals surface area contributed by atoms with Crippen molar-refractivity contribution in [2.24, 2.45) is 0 Å². The predicted molar refractivity (Wildman–Crippen MR) is 117 cm³/mol. The van der Waals surface area contributed by atoms with Gasteiger partial charge in [-0.15, -0.1) is 0 Å². The second kappa shape index (κ2) is 9.15. The third-order valence-electron chi connectivity index (χ3n) is 5.31. The summed E-state index contributed by atoms with van der Waals surface area (Å²) in [5.41, 5.74) is 0.734. The molecule has 1 atom stereocenters. The van der Waals surface area contributed by atoms with Crippen LogP contribution < -0.4 is 25.0 Å². The molecule has 4 rings (SSSR count). The molecular weight excluding hydrogens is 430 g/mol. The van der Waals surface area contributed by atoms with Crippen LogP contribution in [0.3, 0.4) is 0 Å². The van der Waals surface area contributed by atoms with Gasteiger partial charge >= 0.3 is 0 Å². The van der Waals surface area contributed by atoms with Crippen molar-refractivity contribution < 1.29 is 33.6 Å². The van der Waals surface area contributed by atoms with E-state index in [9.17, 15) is 19.8 Å². The highest BCUT2D eigenvalue weighted by molar-refractivity contribution is 5.77. The Labute approximate surface area is 189 Å². The summed E-state index contributed by atoms with van der Waals surface area (Å²) in [5, 5.41) is 23.2. The fourth-order valence-corrected chi connectivity index (χ4v) is 3.64. The molecule has 33 heavy (non-hydrogen) atoms. The Morgan fingerprint density at radius 2 is 1.91 bits per heavy atom. The quantitative estimate of drug-likeness (QED) is 0.498. The molecule has 0 radical (unpaired) electrons. The van der Waals surface area contributed by atoms with Gasteiger partial charge < -0.3 is 34.2 Å². The van der Waals surface area contributed by atoms with E-state index in [1.54, 1.807) is 25.1 Å². The van der Waals surface area contributed by atoms with Crippen molar-refractivity contribution in [3.05, 3.63) is 75.3 Å². The van der Waals surface area contributed by atoms with E-state index in [0.29, 0.717) is 22.8 Å². The Morgan fingerprint density at radius 1 is 1.12 bits per heavy atom. The molecule has 2 aromatic carbocycles. The highest BCUT2D eigenvalue weighted by atomic mass is 16.7. The zero-order chi connectivity index (χ0) is 23.5. The minimum absolute atomic E-state index is 0.0361. The second-order valence-corrected chi connectivity index (χ2v) is 7.59. The van der Waals surface area contributed by atoms with Crippen LogP contribution in [0.5, 0.6) is 28.7 Å². The monoisotopic (exact) mass is 453 g/mol. The van der Waals surface area contributed by atoms with E-state index in [1.165, 1.54) is 25.3 Å². The number of amides is 1. The van der Waals surface area contributed by atoms with Crippen molar-refractivity contribution in [2.45, 2.75) is 25.8 Å². The SMILES string of the molecule is COc1cc(C(CC(=O)NCc2ccc3c(c2)OCO3)c2oc(C)cc(=O)c2O)ccc1O. The number of phenolic OH excluding ortho intramolecular Hbond substituents is 1. The van der Waals surface area contributed by atoms with Crippen LogP contribution in [0.15, 0.2) is 51.7 Å². The Kier molecular flexibility index (Phi) is 6.12. The van der Waals surface area contributed by atoms with Gasteiger partial charge in [-0.2, -0.15) is 0 Å². The molecule has 1 amide bonds. The van der Waals surface area contributed by atoms with Crippen molar-refractivity contribution in [1.82, 2.24) is 5.32 Å². The Balaban J connectivity index is 1.59. The largest absolute Gasteiger partial charge is 0.504 e. The van der Waals surface area contributed by atoms with Crippen molar-refractivity contribution in [3.8, 4) is 28.7 Å². The van der Waals surface area contributed by atoms with Gasteiger partial charge in [0.05, 0.1) is 13.0 Å². The van der Waals surface area contributed by atoms with E-state index in [0.717, 1.165) is 5.56 Å². The summed E-state index contributed by atoms with van der Waals surface area (Å²) in [7, 11) is 1.40. The van der Waals surface area contributed by atoms with E-state index in [2.05, 4.69) is 5.32 Å². The first-order valence-corrected chi connectivity index (χ1v) is 10.2. The number of methoxy groups -OCH3 is 1. The summed E-state index contributed by atoms with van der Waals surface area (Å²) >= 11 is 0. The number of phenols is 1. The fourth-order valence-electron chi connectivity index (χ4n) is 3.64. The normalized spacial score (nSPS) is 12.9. The third-order valence-corrected chi connectivity index (χ3v) is 5.31. The molecule has 1 aliphatic heterocycles. The standard InChI is InChI=1S/C24H23NO8/c1-13-7-18(27)23(29)24(33-13)16(15-4-5-17(26)20(9-15)30-2)10-22(28)25-11-14-3-6-19-21(8-14)32-12-31-19/h3-9,16,26,29H,10-12H2,1-2H3,(H,25,28). The number of carbonyl (C=O) groups excluding carboxylic acids is 1. The lowest BCUT2D eigenvalue weighted by Gasteiger charge is -2.19. The van der Waals surface area contributed by atoms with Crippen LogP contribution in [-0.2, 0) is 11.3 Å². The van der Waals surface area contributed by atoms with Gasteiger partial charge in [-0.3, -0.25) is 9.59 Å². The highest BCUT2D eigenvalue weighted by Crippen LogP contribution is 2.37. The molecule has 1 aliphatic rings. The number of benzene rings is 2. The van der Waals surface area contributed by atoms with Crippen molar-refractivity contribution in [1.29, 1.82) is 0 Å². The third kappa shape index (κ3) is 4.72. The summed E-state index contributed by atoms with van der Waals surface area (Å²) in [6.45, 7) is 1.98. The molecule has 3 aromatic rings. The molecule has 2 heterocycles. The summed E-state index contributed by atoms with van der Waals surface area (Å²) in [6, 6.07) is 11.1. The highest BCUT2D eigenvalue weighted by Gasteiger charge is 2.27. The molecule has 0 spiro atoms. The number of hydrogen-bond donors (Lipinski definition) is 3. The maximum atomic E-state index is 12.9. The van der Waals surface area contributed by atoms with Crippen LogP contribution in [0, 0.1) is 6.92 Å². The zero-order valence-corrected chi connectivity index (χ0v) is 18.1. The molecule has 172 valence electrons. The van der Waals surface area contributed by atoms with Gasteiger partial charge in [0.2, 0.25) is 23.9 Å². The van der Waals surface area contributed by atoms with Crippen molar-refractivity contribution in [2.75, 3.05) is 13.9 Å². The molecule has 1 aromatic heterocycles. The lowest BCUT2D eigenvalue weighted by atomic mass is 9.91. The van der Waals surface area contributed by atoms with Crippen LogP contribution in [0.4, 0.5) is 0 Å². The van der Waals surface area contributed by atoms with Crippen molar-refractivity contribution >= 4 is 5.91 Å². The number of aryl methyl sites for hydroxylation is 1. The summed E-state index contributed by atoms with van der Waals surface area (Å²) < 4.78 is 21.5. The molecule has 0 saturated heterocycles. The Morgan fingerprint density at radius 3 is 2.70 bits per heavy atom. The van der Waals surface area contributed by atoms with Gasteiger partial charge in [-0.1, -0.05) is 12.1 Å². The lowest BCUT2D eigenvalue weighted by molar-refractivity contribution is -0.121. The van der Waals surface area contributed by atoms with Gasteiger partial charge in [-0.05, 0) is 42.3 Å². The number of aromatic hydroxyl groups is 2. The molecule has 9 heteroatoms. The van der Waals surface area contributed by atoms with Crippen LogP contribution in [0.25, 0.3) is 0 Å². The number of fused-ring (bicyclic) bond motifs is 1. The van der Waals surface area contributed by atoms with Gasteiger partial charge in [0.1, 0.15) is 5.76 Å². The number of ether oxygens (including phenoxy) is 3. The van der Waals surface area contributed by atoms with E-state index in [4.69, 9.17) is 18.6 Å². The molecule has 0 saturated carbocycles. The van der Waals surface area contributed by atoms with Crippen molar-refractivity contribution in [3.63, 3.8) is 0 Å². The van der Waals surface area contributed by atoms with E-state index >= 15 is 0 Å². The maximum Gasteiger partial charge on any atom is 0.231 e.